The van der Waals surface area contributed by atoms with Crippen molar-refractivity contribution in [2.24, 2.45) is 0 Å². The summed E-state index contributed by atoms with van der Waals surface area (Å²) < 4.78 is 4.97. The molecular formula is C16H17NO4. The lowest BCUT2D eigenvalue weighted by molar-refractivity contribution is 0.0659. The molecule has 0 spiro atoms. The first-order valence-electron chi connectivity index (χ1n) is 6.59. The molecule has 5 heteroatoms. The first kappa shape index (κ1) is 14.8. The highest BCUT2D eigenvalue weighted by atomic mass is 16.4. The van der Waals surface area contributed by atoms with Crippen molar-refractivity contribution >= 4 is 11.9 Å². The van der Waals surface area contributed by atoms with E-state index in [1.54, 1.807) is 0 Å². The van der Waals surface area contributed by atoms with Gasteiger partial charge < -0.3 is 14.8 Å². The predicted octanol–water partition coefficient (Wildman–Crippen LogP) is 3.09. The summed E-state index contributed by atoms with van der Waals surface area (Å²) in [5, 5.41) is 11.6. The van der Waals surface area contributed by atoms with E-state index in [2.05, 4.69) is 5.32 Å². The van der Waals surface area contributed by atoms with Gasteiger partial charge in [0, 0.05) is 0 Å². The third-order valence-corrected chi connectivity index (χ3v) is 3.42. The third-order valence-electron chi connectivity index (χ3n) is 3.42. The molecule has 1 atom stereocenters. The van der Waals surface area contributed by atoms with Crippen molar-refractivity contribution in [3.63, 3.8) is 0 Å². The van der Waals surface area contributed by atoms with Gasteiger partial charge in [0.05, 0.1) is 6.04 Å². The van der Waals surface area contributed by atoms with Crippen LogP contribution in [0.3, 0.4) is 0 Å². The molecule has 2 aromatic rings. The molecule has 0 radical (unpaired) electrons. The summed E-state index contributed by atoms with van der Waals surface area (Å²) in [6, 6.07) is 8.39. The van der Waals surface area contributed by atoms with Gasteiger partial charge in [-0.1, -0.05) is 18.2 Å². The van der Waals surface area contributed by atoms with Crippen molar-refractivity contribution in [1.29, 1.82) is 0 Å². The molecule has 1 aromatic carbocycles. The molecule has 0 aliphatic rings. The van der Waals surface area contributed by atoms with Crippen LogP contribution in [-0.2, 0) is 0 Å². The van der Waals surface area contributed by atoms with Gasteiger partial charge in [-0.3, -0.25) is 4.79 Å². The van der Waals surface area contributed by atoms with E-state index in [0.29, 0.717) is 0 Å². The Morgan fingerprint density at radius 2 is 1.76 bits per heavy atom. The van der Waals surface area contributed by atoms with Crippen molar-refractivity contribution in [2.75, 3.05) is 0 Å². The van der Waals surface area contributed by atoms with Gasteiger partial charge in [0.2, 0.25) is 5.76 Å². The van der Waals surface area contributed by atoms with E-state index in [9.17, 15) is 9.59 Å². The van der Waals surface area contributed by atoms with Gasteiger partial charge in [0.1, 0.15) is 0 Å². The number of carbonyl (C=O) groups is 2. The van der Waals surface area contributed by atoms with Crippen LogP contribution in [0.5, 0.6) is 0 Å². The Bertz CT molecular complexity index is 687. The Labute approximate surface area is 122 Å². The molecule has 2 N–H and O–H groups in total. The largest absolute Gasteiger partial charge is 0.475 e. The fourth-order valence-electron chi connectivity index (χ4n) is 1.96. The zero-order valence-corrected chi connectivity index (χ0v) is 12.1. The number of hydrogen-bond acceptors (Lipinski definition) is 3. The molecule has 5 nitrogen and oxygen atoms in total. The van der Waals surface area contributed by atoms with Crippen LogP contribution in [0.15, 0.2) is 34.7 Å². The molecule has 0 bridgehead atoms. The Balaban J connectivity index is 2.10. The van der Waals surface area contributed by atoms with Gasteiger partial charge in [-0.2, -0.15) is 0 Å². The second-order valence-corrected chi connectivity index (χ2v) is 5.01. The summed E-state index contributed by atoms with van der Waals surface area (Å²) in [6.07, 6.45) is 0. The summed E-state index contributed by atoms with van der Waals surface area (Å²) in [5.74, 6) is -1.90. The fourth-order valence-corrected chi connectivity index (χ4v) is 1.96. The van der Waals surface area contributed by atoms with Gasteiger partial charge in [0.15, 0.2) is 5.76 Å². The molecule has 0 unspecified atom stereocenters. The third kappa shape index (κ3) is 3.31. The zero-order valence-electron chi connectivity index (χ0n) is 12.1. The summed E-state index contributed by atoms with van der Waals surface area (Å²) in [7, 11) is 0. The number of hydrogen-bond donors (Lipinski definition) is 2. The molecule has 0 fully saturated rings. The maximum absolute atomic E-state index is 12.0. The molecule has 110 valence electrons. The predicted molar refractivity (Wildman–Crippen MR) is 77.5 cm³/mol. The Hall–Kier alpha value is -2.56. The van der Waals surface area contributed by atoms with Crippen molar-refractivity contribution in [3.05, 3.63) is 58.5 Å². The number of aryl methyl sites for hydroxylation is 2. The van der Waals surface area contributed by atoms with Gasteiger partial charge in [-0.25, -0.2) is 4.79 Å². The smallest absolute Gasteiger partial charge is 0.371 e. The van der Waals surface area contributed by atoms with Gasteiger partial charge in [0.25, 0.3) is 5.91 Å². The highest BCUT2D eigenvalue weighted by Crippen LogP contribution is 2.17. The number of aromatic carboxylic acids is 1. The second-order valence-electron chi connectivity index (χ2n) is 5.01. The minimum absolute atomic E-state index is 0.0110. The topological polar surface area (TPSA) is 79.5 Å². The summed E-state index contributed by atoms with van der Waals surface area (Å²) in [4.78, 5) is 22.7. The van der Waals surface area contributed by atoms with E-state index in [0.717, 1.165) is 11.1 Å². The van der Waals surface area contributed by atoms with Crippen LogP contribution in [0, 0.1) is 13.8 Å². The van der Waals surface area contributed by atoms with Crippen molar-refractivity contribution in [2.45, 2.75) is 26.8 Å². The monoisotopic (exact) mass is 287 g/mol. The summed E-state index contributed by atoms with van der Waals surface area (Å²) in [5.41, 5.74) is 3.32. The first-order valence-corrected chi connectivity index (χ1v) is 6.59. The molecule has 0 saturated heterocycles. The number of furan rings is 1. The molecule has 0 aliphatic heterocycles. The Morgan fingerprint density at radius 1 is 1.10 bits per heavy atom. The quantitative estimate of drug-likeness (QED) is 0.905. The Kier molecular flexibility index (Phi) is 4.12. The lowest BCUT2D eigenvalue weighted by Crippen LogP contribution is -2.26. The van der Waals surface area contributed by atoms with Crippen molar-refractivity contribution < 1.29 is 19.1 Å². The summed E-state index contributed by atoms with van der Waals surface area (Å²) in [6.45, 7) is 5.90. The van der Waals surface area contributed by atoms with Crippen LogP contribution in [0.2, 0.25) is 0 Å². The van der Waals surface area contributed by atoms with E-state index in [4.69, 9.17) is 9.52 Å². The SMILES string of the molecule is Cc1ccc([C@@H](C)NC(=O)c2ccc(C(=O)O)o2)cc1C. The van der Waals surface area contributed by atoms with E-state index in [1.165, 1.54) is 17.7 Å². The van der Waals surface area contributed by atoms with Gasteiger partial charge >= 0.3 is 5.97 Å². The van der Waals surface area contributed by atoms with Crippen LogP contribution in [0.4, 0.5) is 0 Å². The zero-order chi connectivity index (χ0) is 15.6. The second kappa shape index (κ2) is 5.83. The maximum atomic E-state index is 12.0. The normalized spacial score (nSPS) is 12.0. The standard InChI is InChI=1S/C16H17NO4/c1-9-4-5-12(8-10(9)2)11(3)17-15(18)13-6-7-14(21-13)16(19)20/h4-8,11H,1-3H3,(H,17,18)(H,19,20)/t11-/m1/s1. The number of rotatable bonds is 4. The van der Waals surface area contributed by atoms with E-state index >= 15 is 0 Å². The maximum Gasteiger partial charge on any atom is 0.371 e. The number of amides is 1. The Morgan fingerprint density at radius 3 is 2.33 bits per heavy atom. The first-order chi connectivity index (χ1) is 9.88. The van der Waals surface area contributed by atoms with E-state index in [-0.39, 0.29) is 17.6 Å². The fraction of sp³-hybridized carbons (Fsp3) is 0.250. The molecule has 0 aliphatic carbocycles. The van der Waals surface area contributed by atoms with Crippen LogP contribution in [-0.4, -0.2) is 17.0 Å². The lowest BCUT2D eigenvalue weighted by Gasteiger charge is -2.14. The van der Waals surface area contributed by atoms with E-state index in [1.807, 2.05) is 39.0 Å². The van der Waals surface area contributed by atoms with Gasteiger partial charge in [-0.05, 0) is 49.6 Å². The molecular weight excluding hydrogens is 270 g/mol. The molecule has 21 heavy (non-hydrogen) atoms. The number of carboxylic acids is 1. The van der Waals surface area contributed by atoms with Crippen molar-refractivity contribution in [1.82, 2.24) is 5.32 Å². The minimum atomic E-state index is -1.20. The molecule has 2 rings (SSSR count). The minimum Gasteiger partial charge on any atom is -0.475 e. The number of carboxylic acid groups (broad SMARTS) is 1. The average molecular weight is 287 g/mol. The van der Waals surface area contributed by atoms with Gasteiger partial charge in [-0.15, -0.1) is 0 Å². The van der Waals surface area contributed by atoms with Crippen LogP contribution in [0.1, 0.15) is 50.8 Å². The van der Waals surface area contributed by atoms with Crippen molar-refractivity contribution in [3.8, 4) is 0 Å². The lowest BCUT2D eigenvalue weighted by atomic mass is 10.0. The van der Waals surface area contributed by atoms with Crippen LogP contribution >= 0.6 is 0 Å². The van der Waals surface area contributed by atoms with E-state index < -0.39 is 11.9 Å². The summed E-state index contributed by atoms with van der Waals surface area (Å²) >= 11 is 0. The highest BCUT2D eigenvalue weighted by molar-refractivity contribution is 5.93. The number of carbonyl (C=O) groups excluding carboxylic acids is 1. The molecule has 1 aromatic heterocycles. The average Bonchev–Trinajstić information content (AvgIpc) is 2.91. The molecule has 1 heterocycles. The number of benzene rings is 1. The van der Waals surface area contributed by atoms with Crippen LogP contribution < -0.4 is 5.32 Å². The van der Waals surface area contributed by atoms with Crippen LogP contribution in [0.25, 0.3) is 0 Å². The molecule has 1 amide bonds. The molecule has 0 saturated carbocycles. The highest BCUT2D eigenvalue weighted by Gasteiger charge is 2.17. The number of nitrogens with one attached hydrogen (secondary N) is 1.